The van der Waals surface area contributed by atoms with Gasteiger partial charge in [-0.2, -0.15) is 4.31 Å². The Morgan fingerprint density at radius 2 is 1.73 bits per heavy atom. The molecule has 0 saturated carbocycles. The number of hydrogen-bond acceptors (Lipinski definition) is 4. The Bertz CT molecular complexity index is 1010. The van der Waals surface area contributed by atoms with Crippen molar-refractivity contribution in [2.75, 3.05) is 18.4 Å². The molecule has 160 valence electrons. The smallest absolute Gasteiger partial charge is 0.243 e. The van der Waals surface area contributed by atoms with Crippen molar-refractivity contribution in [1.29, 1.82) is 0 Å². The first-order chi connectivity index (χ1) is 14.2. The van der Waals surface area contributed by atoms with Crippen LogP contribution in [0.3, 0.4) is 0 Å². The third-order valence-corrected chi connectivity index (χ3v) is 7.18. The molecule has 1 heterocycles. The fourth-order valence-corrected chi connectivity index (χ4v) is 5.24. The van der Waals surface area contributed by atoms with Gasteiger partial charge in [0.05, 0.1) is 10.3 Å². The summed E-state index contributed by atoms with van der Waals surface area (Å²) in [7, 11) is -3.74. The van der Waals surface area contributed by atoms with Crippen LogP contribution in [0.15, 0.2) is 59.5 Å². The highest BCUT2D eigenvalue weighted by molar-refractivity contribution is 7.89. The van der Waals surface area contributed by atoms with Gasteiger partial charge in [0.15, 0.2) is 0 Å². The van der Waals surface area contributed by atoms with E-state index < -0.39 is 15.4 Å². The van der Waals surface area contributed by atoms with Gasteiger partial charge in [0.25, 0.3) is 0 Å². The van der Waals surface area contributed by atoms with Gasteiger partial charge in [0.2, 0.25) is 21.8 Å². The number of rotatable bonds is 6. The SMILES string of the molecule is CC(=O)Nc1ccc(S(=O)(=O)N2CCC[C@](C)(C(=O)NCc3ccccc3)C2)cc1. The van der Waals surface area contributed by atoms with Gasteiger partial charge in [-0.1, -0.05) is 30.3 Å². The number of hydrogen-bond donors (Lipinski definition) is 2. The molecule has 0 aromatic heterocycles. The predicted molar refractivity (Wildman–Crippen MR) is 115 cm³/mol. The number of anilines is 1. The number of nitrogens with zero attached hydrogens (tertiary/aromatic N) is 1. The average Bonchev–Trinajstić information content (AvgIpc) is 2.72. The van der Waals surface area contributed by atoms with Crippen LogP contribution < -0.4 is 10.6 Å². The van der Waals surface area contributed by atoms with Gasteiger partial charge in [0.1, 0.15) is 0 Å². The number of amides is 2. The van der Waals surface area contributed by atoms with Gasteiger partial charge in [-0.15, -0.1) is 0 Å². The Morgan fingerprint density at radius 3 is 2.37 bits per heavy atom. The summed E-state index contributed by atoms with van der Waals surface area (Å²) in [6, 6.07) is 15.7. The summed E-state index contributed by atoms with van der Waals surface area (Å²) in [5, 5.41) is 5.56. The number of nitrogens with one attached hydrogen (secondary N) is 2. The summed E-state index contributed by atoms with van der Waals surface area (Å²) in [5.74, 6) is -0.369. The molecule has 0 radical (unpaired) electrons. The lowest BCUT2D eigenvalue weighted by molar-refractivity contribution is -0.132. The van der Waals surface area contributed by atoms with Gasteiger partial charge in [0, 0.05) is 32.2 Å². The molecule has 2 N–H and O–H groups in total. The number of sulfonamides is 1. The molecule has 0 aliphatic carbocycles. The largest absolute Gasteiger partial charge is 0.352 e. The third kappa shape index (κ3) is 5.06. The predicted octanol–water partition coefficient (Wildman–Crippen LogP) is 2.75. The number of piperidine rings is 1. The van der Waals surface area contributed by atoms with E-state index in [4.69, 9.17) is 0 Å². The van der Waals surface area contributed by atoms with Crippen molar-refractivity contribution in [3.63, 3.8) is 0 Å². The number of benzene rings is 2. The molecule has 3 rings (SSSR count). The second-order valence-electron chi connectivity index (χ2n) is 7.88. The summed E-state index contributed by atoms with van der Waals surface area (Å²) in [5.41, 5.74) is 0.732. The first kappa shape index (κ1) is 22.0. The van der Waals surface area contributed by atoms with Crippen molar-refractivity contribution < 1.29 is 18.0 Å². The molecule has 1 saturated heterocycles. The minimum atomic E-state index is -3.74. The van der Waals surface area contributed by atoms with E-state index in [1.807, 2.05) is 37.3 Å². The van der Waals surface area contributed by atoms with E-state index in [9.17, 15) is 18.0 Å². The van der Waals surface area contributed by atoms with Gasteiger partial charge >= 0.3 is 0 Å². The lowest BCUT2D eigenvalue weighted by atomic mass is 9.82. The fraction of sp³-hybridized carbons (Fsp3) is 0.364. The standard InChI is InChI=1S/C22H27N3O4S/c1-17(26)24-19-9-11-20(12-10-19)30(28,29)25-14-6-13-22(2,16-25)21(27)23-15-18-7-4-3-5-8-18/h3-5,7-12H,6,13-16H2,1-2H3,(H,23,27)(H,24,26)/t22-/m0/s1. The molecule has 30 heavy (non-hydrogen) atoms. The molecule has 1 atom stereocenters. The topological polar surface area (TPSA) is 95.6 Å². The highest BCUT2D eigenvalue weighted by atomic mass is 32.2. The second-order valence-corrected chi connectivity index (χ2v) is 9.81. The Balaban J connectivity index is 1.70. The minimum absolute atomic E-state index is 0.128. The molecular weight excluding hydrogens is 402 g/mol. The Morgan fingerprint density at radius 1 is 1.07 bits per heavy atom. The van der Waals surface area contributed by atoms with Crippen LogP contribution in [0.5, 0.6) is 0 Å². The summed E-state index contributed by atoms with van der Waals surface area (Å²) in [6.45, 7) is 4.12. The van der Waals surface area contributed by atoms with E-state index >= 15 is 0 Å². The van der Waals surface area contributed by atoms with Crippen molar-refractivity contribution in [1.82, 2.24) is 9.62 Å². The highest BCUT2D eigenvalue weighted by Gasteiger charge is 2.41. The second kappa shape index (κ2) is 8.97. The maximum absolute atomic E-state index is 13.1. The van der Waals surface area contributed by atoms with Crippen molar-refractivity contribution in [3.8, 4) is 0 Å². The van der Waals surface area contributed by atoms with E-state index in [1.54, 1.807) is 12.1 Å². The van der Waals surface area contributed by atoms with Crippen LogP contribution in [0.25, 0.3) is 0 Å². The molecule has 7 nitrogen and oxygen atoms in total. The van der Waals surface area contributed by atoms with E-state index in [1.165, 1.54) is 23.4 Å². The zero-order valence-electron chi connectivity index (χ0n) is 17.2. The van der Waals surface area contributed by atoms with E-state index in [0.29, 0.717) is 31.6 Å². The van der Waals surface area contributed by atoms with Crippen molar-refractivity contribution in [3.05, 3.63) is 60.2 Å². The lowest BCUT2D eigenvalue weighted by Gasteiger charge is -2.38. The molecule has 2 aromatic carbocycles. The summed E-state index contributed by atoms with van der Waals surface area (Å²) < 4.78 is 27.6. The van der Waals surface area contributed by atoms with Crippen LogP contribution in [0, 0.1) is 5.41 Å². The normalized spacial score (nSPS) is 19.8. The van der Waals surface area contributed by atoms with Crippen molar-refractivity contribution >= 4 is 27.5 Å². The van der Waals surface area contributed by atoms with E-state index in [0.717, 1.165) is 5.56 Å². The summed E-state index contributed by atoms with van der Waals surface area (Å²) in [4.78, 5) is 24.2. The first-order valence-corrected chi connectivity index (χ1v) is 11.3. The highest BCUT2D eigenvalue weighted by Crippen LogP contribution is 2.33. The number of carbonyl (C=O) groups is 2. The first-order valence-electron chi connectivity index (χ1n) is 9.91. The quantitative estimate of drug-likeness (QED) is 0.738. The third-order valence-electron chi connectivity index (χ3n) is 5.32. The molecule has 1 fully saturated rings. The average molecular weight is 430 g/mol. The number of carbonyl (C=O) groups excluding carboxylic acids is 2. The van der Waals surface area contributed by atoms with Crippen LogP contribution in [-0.4, -0.2) is 37.6 Å². The lowest BCUT2D eigenvalue weighted by Crippen LogP contribution is -2.51. The molecule has 2 aromatic rings. The minimum Gasteiger partial charge on any atom is -0.352 e. The Labute approximate surface area is 177 Å². The summed E-state index contributed by atoms with van der Waals surface area (Å²) >= 11 is 0. The van der Waals surface area contributed by atoms with Crippen molar-refractivity contribution in [2.45, 2.75) is 38.1 Å². The maximum atomic E-state index is 13.1. The monoisotopic (exact) mass is 429 g/mol. The molecule has 0 bridgehead atoms. The van der Waals surface area contributed by atoms with Gasteiger partial charge in [-0.25, -0.2) is 8.42 Å². The van der Waals surface area contributed by atoms with Crippen LogP contribution in [0.1, 0.15) is 32.3 Å². The summed E-state index contributed by atoms with van der Waals surface area (Å²) in [6.07, 6.45) is 1.24. The van der Waals surface area contributed by atoms with Gasteiger partial charge < -0.3 is 10.6 Å². The maximum Gasteiger partial charge on any atom is 0.243 e. The molecule has 1 aliphatic heterocycles. The van der Waals surface area contributed by atoms with E-state index in [2.05, 4.69) is 10.6 Å². The van der Waals surface area contributed by atoms with Crippen LogP contribution >= 0.6 is 0 Å². The molecule has 2 amide bonds. The zero-order valence-corrected chi connectivity index (χ0v) is 18.0. The van der Waals surface area contributed by atoms with Gasteiger partial charge in [-0.3, -0.25) is 9.59 Å². The Hall–Kier alpha value is -2.71. The van der Waals surface area contributed by atoms with Crippen LogP contribution in [0.4, 0.5) is 5.69 Å². The van der Waals surface area contributed by atoms with E-state index in [-0.39, 0.29) is 23.3 Å². The molecule has 0 spiro atoms. The molecule has 8 heteroatoms. The van der Waals surface area contributed by atoms with Crippen LogP contribution in [0.2, 0.25) is 0 Å². The molecule has 0 unspecified atom stereocenters. The fourth-order valence-electron chi connectivity index (χ4n) is 3.64. The Kier molecular flexibility index (Phi) is 6.58. The van der Waals surface area contributed by atoms with Gasteiger partial charge in [-0.05, 0) is 49.6 Å². The molecular formula is C22H27N3O4S. The van der Waals surface area contributed by atoms with Crippen LogP contribution in [-0.2, 0) is 26.2 Å². The van der Waals surface area contributed by atoms with Crippen molar-refractivity contribution in [2.24, 2.45) is 5.41 Å². The molecule has 1 aliphatic rings. The zero-order chi connectivity index (χ0) is 21.8.